The number of benzene rings is 2. The first-order chi connectivity index (χ1) is 13.6. The van der Waals surface area contributed by atoms with Crippen LogP contribution < -0.4 is 10.2 Å². The minimum atomic E-state index is -0.218. The van der Waals surface area contributed by atoms with Crippen molar-refractivity contribution in [3.8, 4) is 11.5 Å². The Morgan fingerprint density at radius 1 is 1.14 bits per heavy atom. The number of hydrogen-bond donors (Lipinski definition) is 1. The second-order valence-electron chi connectivity index (χ2n) is 6.44. The molecule has 4 rings (SSSR count). The number of rotatable bonds is 4. The molecule has 144 valence electrons. The van der Waals surface area contributed by atoms with E-state index >= 15 is 0 Å². The van der Waals surface area contributed by atoms with E-state index in [9.17, 15) is 4.79 Å². The molecular formula is C20H19ClN4O3. The van der Waals surface area contributed by atoms with Gasteiger partial charge in [0.05, 0.1) is 24.6 Å². The Morgan fingerprint density at radius 3 is 2.57 bits per heavy atom. The molecule has 0 atom stereocenters. The number of morpholine rings is 1. The lowest BCUT2D eigenvalue weighted by atomic mass is 10.1. The summed E-state index contributed by atoms with van der Waals surface area (Å²) in [6, 6.07) is 12.5. The number of carbonyl (C=O) groups excluding carboxylic acids is 1. The maximum Gasteiger partial charge on any atom is 0.257 e. The van der Waals surface area contributed by atoms with Crippen molar-refractivity contribution in [3.63, 3.8) is 0 Å². The van der Waals surface area contributed by atoms with Crippen LogP contribution in [0.25, 0.3) is 11.5 Å². The first kappa shape index (κ1) is 18.5. The summed E-state index contributed by atoms with van der Waals surface area (Å²) in [6.07, 6.45) is 0. The van der Waals surface area contributed by atoms with Crippen LogP contribution in [0.2, 0.25) is 5.02 Å². The molecule has 1 fully saturated rings. The van der Waals surface area contributed by atoms with E-state index in [0.29, 0.717) is 41.2 Å². The number of nitrogens with one attached hydrogen (secondary N) is 1. The molecule has 8 heteroatoms. The number of ether oxygens (including phenoxy) is 1. The highest BCUT2D eigenvalue weighted by atomic mass is 35.5. The van der Waals surface area contributed by atoms with Crippen LogP contribution in [0.5, 0.6) is 0 Å². The third kappa shape index (κ3) is 4.00. The summed E-state index contributed by atoms with van der Waals surface area (Å²) >= 11 is 6.16. The van der Waals surface area contributed by atoms with Crippen molar-refractivity contribution >= 4 is 28.9 Å². The Balaban J connectivity index is 1.54. The Bertz CT molecular complexity index is 981. The highest BCUT2D eigenvalue weighted by Crippen LogP contribution is 2.30. The van der Waals surface area contributed by atoms with Crippen LogP contribution in [0, 0.1) is 6.92 Å². The van der Waals surface area contributed by atoms with Crippen LogP contribution in [0.4, 0.5) is 11.4 Å². The van der Waals surface area contributed by atoms with Gasteiger partial charge in [-0.15, -0.1) is 0 Å². The lowest BCUT2D eigenvalue weighted by Gasteiger charge is -2.30. The lowest BCUT2D eigenvalue weighted by molar-refractivity contribution is 0.102. The molecule has 1 aliphatic rings. The van der Waals surface area contributed by atoms with Gasteiger partial charge < -0.3 is 19.5 Å². The fraction of sp³-hybridized carbons (Fsp3) is 0.250. The Kier molecular flexibility index (Phi) is 5.27. The predicted molar refractivity (Wildman–Crippen MR) is 107 cm³/mol. The number of hydrogen-bond acceptors (Lipinski definition) is 6. The second kappa shape index (κ2) is 8.00. The van der Waals surface area contributed by atoms with E-state index in [4.69, 9.17) is 20.9 Å². The maximum absolute atomic E-state index is 12.8. The molecule has 1 saturated heterocycles. The molecule has 2 heterocycles. The SMILES string of the molecule is Cc1noc(-c2ccc(C(=O)Nc3cc(Cl)ccc3N3CCOCC3)cc2)n1. The third-order valence-corrected chi connectivity index (χ3v) is 4.72. The number of aryl methyl sites for hydroxylation is 1. The number of carbonyl (C=O) groups is 1. The summed E-state index contributed by atoms with van der Waals surface area (Å²) in [7, 11) is 0. The largest absolute Gasteiger partial charge is 0.378 e. The number of amides is 1. The van der Waals surface area contributed by atoms with E-state index in [0.717, 1.165) is 24.3 Å². The van der Waals surface area contributed by atoms with E-state index < -0.39 is 0 Å². The van der Waals surface area contributed by atoms with Crippen LogP contribution in [-0.2, 0) is 4.74 Å². The Labute approximate surface area is 167 Å². The summed E-state index contributed by atoms with van der Waals surface area (Å²) in [5.74, 6) is 0.771. The van der Waals surface area contributed by atoms with Crippen molar-refractivity contribution < 1.29 is 14.1 Å². The summed E-state index contributed by atoms with van der Waals surface area (Å²) in [6.45, 7) is 4.61. The minimum absolute atomic E-state index is 0.218. The van der Waals surface area contributed by atoms with Crippen molar-refractivity contribution in [1.29, 1.82) is 0 Å². The molecule has 1 aliphatic heterocycles. The topological polar surface area (TPSA) is 80.5 Å². The van der Waals surface area contributed by atoms with Gasteiger partial charge in [0.2, 0.25) is 0 Å². The molecule has 0 bridgehead atoms. The zero-order chi connectivity index (χ0) is 19.5. The molecule has 0 saturated carbocycles. The van der Waals surface area contributed by atoms with Crippen LogP contribution in [0.15, 0.2) is 47.0 Å². The lowest BCUT2D eigenvalue weighted by Crippen LogP contribution is -2.36. The van der Waals surface area contributed by atoms with Gasteiger partial charge in [0.25, 0.3) is 11.8 Å². The molecule has 1 amide bonds. The van der Waals surface area contributed by atoms with Gasteiger partial charge in [0.15, 0.2) is 5.82 Å². The zero-order valence-electron chi connectivity index (χ0n) is 15.3. The van der Waals surface area contributed by atoms with Crippen molar-refractivity contribution in [1.82, 2.24) is 10.1 Å². The molecule has 1 N–H and O–H groups in total. The average Bonchev–Trinajstić information content (AvgIpc) is 3.15. The normalized spacial score (nSPS) is 14.1. The summed E-state index contributed by atoms with van der Waals surface area (Å²) in [5.41, 5.74) is 2.89. The van der Waals surface area contributed by atoms with E-state index in [1.54, 1.807) is 37.3 Å². The second-order valence-corrected chi connectivity index (χ2v) is 6.88. The van der Waals surface area contributed by atoms with Gasteiger partial charge in [-0.25, -0.2) is 0 Å². The van der Waals surface area contributed by atoms with Gasteiger partial charge in [-0.3, -0.25) is 4.79 Å². The minimum Gasteiger partial charge on any atom is -0.378 e. The molecule has 1 aromatic heterocycles. The van der Waals surface area contributed by atoms with Gasteiger partial charge >= 0.3 is 0 Å². The van der Waals surface area contributed by atoms with E-state index in [1.165, 1.54) is 0 Å². The van der Waals surface area contributed by atoms with Crippen LogP contribution >= 0.6 is 11.6 Å². The molecule has 0 aliphatic carbocycles. The van der Waals surface area contributed by atoms with E-state index in [-0.39, 0.29) is 5.91 Å². The number of anilines is 2. The van der Waals surface area contributed by atoms with Crippen molar-refractivity contribution in [3.05, 3.63) is 58.9 Å². The Morgan fingerprint density at radius 2 is 1.89 bits per heavy atom. The van der Waals surface area contributed by atoms with Gasteiger partial charge in [-0.1, -0.05) is 16.8 Å². The van der Waals surface area contributed by atoms with Crippen molar-refractivity contribution in [2.24, 2.45) is 0 Å². The highest BCUT2D eigenvalue weighted by molar-refractivity contribution is 6.31. The van der Waals surface area contributed by atoms with Gasteiger partial charge in [-0.2, -0.15) is 4.98 Å². The fourth-order valence-corrected chi connectivity index (χ4v) is 3.23. The van der Waals surface area contributed by atoms with Crippen molar-refractivity contribution in [2.45, 2.75) is 6.92 Å². The summed E-state index contributed by atoms with van der Waals surface area (Å²) in [5, 5.41) is 7.31. The predicted octanol–water partition coefficient (Wildman–Crippen LogP) is 3.79. The smallest absolute Gasteiger partial charge is 0.257 e. The van der Waals surface area contributed by atoms with Gasteiger partial charge in [0.1, 0.15) is 0 Å². The standard InChI is InChI=1S/C20H19ClN4O3/c1-13-22-20(28-24-13)15-4-2-14(3-5-15)19(26)23-17-12-16(21)6-7-18(17)25-8-10-27-11-9-25/h2-7,12H,8-11H2,1H3,(H,23,26). The number of aromatic nitrogens is 2. The fourth-order valence-electron chi connectivity index (χ4n) is 3.06. The summed E-state index contributed by atoms with van der Waals surface area (Å²) in [4.78, 5) is 19.1. The van der Waals surface area contributed by atoms with Crippen LogP contribution in [0.1, 0.15) is 16.2 Å². The summed E-state index contributed by atoms with van der Waals surface area (Å²) < 4.78 is 10.6. The van der Waals surface area contributed by atoms with Crippen LogP contribution in [-0.4, -0.2) is 42.4 Å². The molecular weight excluding hydrogens is 380 g/mol. The Hall–Kier alpha value is -2.90. The van der Waals surface area contributed by atoms with Crippen molar-refractivity contribution in [2.75, 3.05) is 36.5 Å². The molecule has 0 radical (unpaired) electrons. The number of nitrogens with zero attached hydrogens (tertiary/aromatic N) is 3. The first-order valence-electron chi connectivity index (χ1n) is 8.94. The molecule has 3 aromatic rings. The van der Waals surface area contributed by atoms with Gasteiger partial charge in [-0.05, 0) is 49.4 Å². The van der Waals surface area contributed by atoms with Gasteiger partial charge in [0, 0.05) is 29.2 Å². The quantitative estimate of drug-likeness (QED) is 0.720. The van der Waals surface area contributed by atoms with E-state index in [2.05, 4.69) is 20.4 Å². The highest BCUT2D eigenvalue weighted by Gasteiger charge is 2.17. The monoisotopic (exact) mass is 398 g/mol. The molecule has 7 nitrogen and oxygen atoms in total. The average molecular weight is 399 g/mol. The molecule has 2 aromatic carbocycles. The molecule has 28 heavy (non-hydrogen) atoms. The van der Waals surface area contributed by atoms with Crippen LogP contribution in [0.3, 0.4) is 0 Å². The zero-order valence-corrected chi connectivity index (χ0v) is 16.1. The molecule has 0 spiro atoms. The third-order valence-electron chi connectivity index (χ3n) is 4.48. The maximum atomic E-state index is 12.8. The molecule has 0 unspecified atom stereocenters. The van der Waals surface area contributed by atoms with E-state index in [1.807, 2.05) is 12.1 Å². The number of halogens is 1. The first-order valence-corrected chi connectivity index (χ1v) is 9.32.